The molecule has 0 radical (unpaired) electrons. The third kappa shape index (κ3) is 1.52. The molecule has 5 heteroatoms. The van der Waals surface area contributed by atoms with Crippen LogP contribution in [0.5, 0.6) is 5.88 Å². The molecule has 78 valence electrons. The van der Waals surface area contributed by atoms with E-state index < -0.39 is 5.97 Å². The molecule has 2 N–H and O–H groups in total. The molecule has 0 bridgehead atoms. The Morgan fingerprint density at radius 3 is 3.20 bits per heavy atom. The second-order valence-electron chi connectivity index (χ2n) is 2.97. The number of nitrogens with one attached hydrogen (secondary N) is 1. The number of hydrogen-bond donors (Lipinski definition) is 2. The highest BCUT2D eigenvalue weighted by molar-refractivity contribution is 6.04. The number of aromatic hydroxyl groups is 1. The van der Waals surface area contributed by atoms with Gasteiger partial charge < -0.3 is 14.8 Å². The minimum Gasteiger partial charge on any atom is -0.494 e. The van der Waals surface area contributed by atoms with E-state index in [2.05, 4.69) is 9.97 Å². The summed E-state index contributed by atoms with van der Waals surface area (Å²) in [6.45, 7) is 1.97. The predicted molar refractivity (Wildman–Crippen MR) is 53.7 cm³/mol. The fourth-order valence-electron chi connectivity index (χ4n) is 1.40. The van der Waals surface area contributed by atoms with E-state index in [-0.39, 0.29) is 18.1 Å². The number of H-pyrrole nitrogens is 1. The fraction of sp³-hybridized carbons (Fsp3) is 0.200. The zero-order chi connectivity index (χ0) is 10.8. The third-order valence-corrected chi connectivity index (χ3v) is 2.01. The second kappa shape index (κ2) is 3.61. The fourth-order valence-corrected chi connectivity index (χ4v) is 1.40. The summed E-state index contributed by atoms with van der Waals surface area (Å²) in [5.41, 5.74) is 1.12. The summed E-state index contributed by atoms with van der Waals surface area (Å²) in [6.07, 6.45) is 1.55. The van der Waals surface area contributed by atoms with Crippen LogP contribution in [0.25, 0.3) is 11.0 Å². The van der Waals surface area contributed by atoms with Gasteiger partial charge in [0, 0.05) is 6.20 Å². The molecule has 0 unspecified atom stereocenters. The van der Waals surface area contributed by atoms with Crippen LogP contribution in [-0.2, 0) is 4.74 Å². The van der Waals surface area contributed by atoms with E-state index in [4.69, 9.17) is 4.74 Å². The van der Waals surface area contributed by atoms with Crippen molar-refractivity contribution in [3.63, 3.8) is 0 Å². The Labute approximate surface area is 85.7 Å². The number of esters is 1. The molecule has 0 amide bonds. The second-order valence-corrected chi connectivity index (χ2v) is 2.97. The number of nitrogens with zero attached hydrogens (tertiary/aromatic N) is 1. The van der Waals surface area contributed by atoms with Crippen LogP contribution in [0, 0.1) is 0 Å². The van der Waals surface area contributed by atoms with Gasteiger partial charge in [-0.25, -0.2) is 4.79 Å². The van der Waals surface area contributed by atoms with Crippen LogP contribution in [0.4, 0.5) is 0 Å². The number of aromatic amines is 1. The van der Waals surface area contributed by atoms with Crippen molar-refractivity contribution in [2.45, 2.75) is 6.92 Å². The lowest BCUT2D eigenvalue weighted by Crippen LogP contribution is -2.04. The maximum absolute atomic E-state index is 11.5. The Hall–Kier alpha value is -2.04. The van der Waals surface area contributed by atoms with Crippen LogP contribution >= 0.6 is 0 Å². The molecule has 0 aromatic carbocycles. The number of rotatable bonds is 2. The molecular formula is C10H10N2O3. The molecule has 0 atom stereocenters. The van der Waals surface area contributed by atoms with E-state index in [1.54, 1.807) is 25.3 Å². The lowest BCUT2D eigenvalue weighted by Gasteiger charge is -1.99. The zero-order valence-corrected chi connectivity index (χ0v) is 8.15. The molecule has 0 saturated carbocycles. The van der Waals surface area contributed by atoms with Gasteiger partial charge in [0.15, 0.2) is 0 Å². The molecule has 0 fully saturated rings. The van der Waals surface area contributed by atoms with E-state index in [9.17, 15) is 9.90 Å². The summed E-state index contributed by atoms with van der Waals surface area (Å²) in [6, 6.07) is 3.44. The van der Waals surface area contributed by atoms with Crippen molar-refractivity contribution >= 4 is 17.0 Å². The van der Waals surface area contributed by atoms with Crippen LogP contribution in [0.1, 0.15) is 17.3 Å². The maximum atomic E-state index is 11.5. The Morgan fingerprint density at radius 2 is 2.47 bits per heavy atom. The third-order valence-electron chi connectivity index (χ3n) is 2.01. The first-order chi connectivity index (χ1) is 7.24. The van der Waals surface area contributed by atoms with E-state index >= 15 is 0 Å². The Kier molecular flexibility index (Phi) is 2.29. The van der Waals surface area contributed by atoms with Crippen LogP contribution in [0.15, 0.2) is 18.3 Å². The largest absolute Gasteiger partial charge is 0.494 e. The molecule has 2 aromatic rings. The van der Waals surface area contributed by atoms with Crippen LogP contribution < -0.4 is 0 Å². The first kappa shape index (κ1) is 9.51. The quantitative estimate of drug-likeness (QED) is 0.729. The normalized spacial score (nSPS) is 10.5. The SMILES string of the molecule is CCOC(=O)c1c(O)[nH]c2cccnc12. The van der Waals surface area contributed by atoms with E-state index in [1.807, 2.05) is 0 Å². The number of fused-ring (bicyclic) bond motifs is 1. The average molecular weight is 206 g/mol. The number of aromatic nitrogens is 2. The summed E-state index contributed by atoms with van der Waals surface area (Å²) in [5.74, 6) is -0.776. The maximum Gasteiger partial charge on any atom is 0.345 e. The van der Waals surface area contributed by atoms with Crippen LogP contribution in [0.2, 0.25) is 0 Å². The Morgan fingerprint density at radius 1 is 1.67 bits per heavy atom. The molecule has 2 aromatic heterocycles. The van der Waals surface area contributed by atoms with Gasteiger partial charge in [0.1, 0.15) is 11.1 Å². The number of carbonyl (C=O) groups excluding carboxylic acids is 1. The van der Waals surface area contributed by atoms with Crippen molar-refractivity contribution in [1.29, 1.82) is 0 Å². The number of pyridine rings is 1. The lowest BCUT2D eigenvalue weighted by molar-refractivity contribution is 0.0525. The highest BCUT2D eigenvalue weighted by Gasteiger charge is 2.19. The Bertz CT molecular complexity index is 504. The summed E-state index contributed by atoms with van der Waals surface area (Å²) in [4.78, 5) is 18.2. The van der Waals surface area contributed by atoms with Crippen molar-refractivity contribution in [2.24, 2.45) is 0 Å². The van der Waals surface area contributed by atoms with Gasteiger partial charge in [0.2, 0.25) is 5.88 Å². The monoisotopic (exact) mass is 206 g/mol. The molecule has 0 aliphatic rings. The summed E-state index contributed by atoms with van der Waals surface area (Å²) < 4.78 is 4.82. The minimum absolute atomic E-state index is 0.0902. The molecule has 2 rings (SSSR count). The summed E-state index contributed by atoms with van der Waals surface area (Å²) in [5, 5.41) is 9.54. The highest BCUT2D eigenvalue weighted by Crippen LogP contribution is 2.25. The summed E-state index contributed by atoms with van der Waals surface area (Å²) >= 11 is 0. The van der Waals surface area contributed by atoms with E-state index in [0.717, 1.165) is 0 Å². The zero-order valence-electron chi connectivity index (χ0n) is 8.15. The first-order valence-corrected chi connectivity index (χ1v) is 4.56. The molecule has 0 saturated heterocycles. The van der Waals surface area contributed by atoms with Gasteiger partial charge in [0.25, 0.3) is 0 Å². The average Bonchev–Trinajstić information content (AvgIpc) is 2.54. The van der Waals surface area contributed by atoms with Crippen LogP contribution in [0.3, 0.4) is 0 Å². The molecule has 2 heterocycles. The van der Waals surface area contributed by atoms with Crippen molar-refractivity contribution in [1.82, 2.24) is 9.97 Å². The standard InChI is InChI=1S/C10H10N2O3/c1-2-15-10(14)7-8-6(12-9(7)13)4-3-5-11-8/h3-5,12-13H,2H2,1H3. The van der Waals surface area contributed by atoms with Crippen molar-refractivity contribution in [2.75, 3.05) is 6.61 Å². The predicted octanol–water partition coefficient (Wildman–Crippen LogP) is 1.45. The number of hydrogen-bond acceptors (Lipinski definition) is 4. The lowest BCUT2D eigenvalue weighted by atomic mass is 10.2. The van der Waals surface area contributed by atoms with Gasteiger partial charge in [-0.3, -0.25) is 4.98 Å². The molecule has 5 nitrogen and oxygen atoms in total. The Balaban J connectivity index is 2.58. The van der Waals surface area contributed by atoms with Gasteiger partial charge in [-0.05, 0) is 19.1 Å². The molecule has 0 aliphatic carbocycles. The highest BCUT2D eigenvalue weighted by atomic mass is 16.5. The van der Waals surface area contributed by atoms with Crippen molar-refractivity contribution in [3.05, 3.63) is 23.9 Å². The molecule has 0 aliphatic heterocycles. The van der Waals surface area contributed by atoms with Gasteiger partial charge >= 0.3 is 5.97 Å². The van der Waals surface area contributed by atoms with E-state index in [0.29, 0.717) is 11.0 Å². The van der Waals surface area contributed by atoms with Gasteiger partial charge in [-0.15, -0.1) is 0 Å². The molecule has 0 spiro atoms. The van der Waals surface area contributed by atoms with Crippen molar-refractivity contribution < 1.29 is 14.6 Å². The van der Waals surface area contributed by atoms with Crippen molar-refractivity contribution in [3.8, 4) is 5.88 Å². The smallest absolute Gasteiger partial charge is 0.345 e. The number of ether oxygens (including phenoxy) is 1. The molecule has 15 heavy (non-hydrogen) atoms. The summed E-state index contributed by atoms with van der Waals surface area (Å²) in [7, 11) is 0. The van der Waals surface area contributed by atoms with E-state index in [1.165, 1.54) is 0 Å². The van der Waals surface area contributed by atoms with Gasteiger partial charge in [-0.1, -0.05) is 0 Å². The molecular weight excluding hydrogens is 196 g/mol. The topological polar surface area (TPSA) is 75.2 Å². The number of carbonyl (C=O) groups is 1. The first-order valence-electron chi connectivity index (χ1n) is 4.56. The van der Waals surface area contributed by atoms with Crippen LogP contribution in [-0.4, -0.2) is 27.7 Å². The minimum atomic E-state index is -0.569. The van der Waals surface area contributed by atoms with Gasteiger partial charge in [-0.2, -0.15) is 0 Å². The van der Waals surface area contributed by atoms with Gasteiger partial charge in [0.05, 0.1) is 12.1 Å².